The van der Waals surface area contributed by atoms with Crippen molar-refractivity contribution in [3.63, 3.8) is 0 Å². The van der Waals surface area contributed by atoms with E-state index in [1.165, 1.54) is 16.9 Å². The molecule has 0 amide bonds. The fourth-order valence-corrected chi connectivity index (χ4v) is 3.02. The molecule has 0 atom stereocenters. The van der Waals surface area contributed by atoms with E-state index >= 15 is 0 Å². The highest BCUT2D eigenvalue weighted by molar-refractivity contribution is 7.92. The van der Waals surface area contributed by atoms with Crippen LogP contribution in [0.3, 0.4) is 0 Å². The Labute approximate surface area is 124 Å². The average molecular weight is 304 g/mol. The Kier molecular flexibility index (Phi) is 4.31. The zero-order chi connectivity index (χ0) is 15.5. The van der Waals surface area contributed by atoms with Gasteiger partial charge in [-0.05, 0) is 30.7 Å². The van der Waals surface area contributed by atoms with Crippen molar-refractivity contribution in [3.8, 4) is 11.8 Å². The van der Waals surface area contributed by atoms with Crippen molar-refractivity contribution in [1.29, 1.82) is 0 Å². The first-order chi connectivity index (χ1) is 9.94. The van der Waals surface area contributed by atoms with E-state index in [2.05, 4.69) is 21.7 Å². The summed E-state index contributed by atoms with van der Waals surface area (Å²) >= 11 is 0. The molecule has 0 saturated carbocycles. The minimum atomic E-state index is -3.71. The van der Waals surface area contributed by atoms with E-state index in [1.54, 1.807) is 19.2 Å². The maximum absolute atomic E-state index is 12.4. The molecule has 1 heterocycles. The second-order valence-corrected chi connectivity index (χ2v) is 6.08. The molecule has 0 spiro atoms. The van der Waals surface area contributed by atoms with Crippen LogP contribution in [0.2, 0.25) is 0 Å². The number of hydrogen-bond donors (Lipinski definition) is 2. The first-order valence-electron chi connectivity index (χ1n) is 6.24. The number of nitrogens with zero attached hydrogens (tertiary/aromatic N) is 2. The largest absolute Gasteiger partial charge is 0.320 e. The SMILES string of the molecule is Cc1ccc(C#CCN)c(NS(=O)(=O)c2ccnn2C)c1. The van der Waals surface area contributed by atoms with E-state index < -0.39 is 10.0 Å². The van der Waals surface area contributed by atoms with Gasteiger partial charge < -0.3 is 5.73 Å². The Morgan fingerprint density at radius 2 is 2.14 bits per heavy atom. The Bertz CT molecular complexity index is 813. The predicted octanol–water partition coefficient (Wildman–Crippen LogP) is 0.840. The van der Waals surface area contributed by atoms with Gasteiger partial charge in [-0.2, -0.15) is 13.5 Å². The molecule has 21 heavy (non-hydrogen) atoms. The highest BCUT2D eigenvalue weighted by atomic mass is 32.2. The second-order valence-electron chi connectivity index (χ2n) is 4.45. The quantitative estimate of drug-likeness (QED) is 0.822. The maximum atomic E-state index is 12.4. The molecule has 1 aromatic carbocycles. The summed E-state index contributed by atoms with van der Waals surface area (Å²) in [6.45, 7) is 2.09. The summed E-state index contributed by atoms with van der Waals surface area (Å²) in [4.78, 5) is 0. The van der Waals surface area contributed by atoms with E-state index in [0.717, 1.165) is 5.56 Å². The van der Waals surface area contributed by atoms with Crippen LogP contribution in [-0.2, 0) is 17.1 Å². The molecule has 0 aliphatic rings. The number of nitrogens with two attached hydrogens (primary N) is 1. The number of benzene rings is 1. The minimum absolute atomic E-state index is 0.0849. The zero-order valence-electron chi connectivity index (χ0n) is 11.8. The van der Waals surface area contributed by atoms with Crippen molar-refractivity contribution in [2.75, 3.05) is 11.3 Å². The van der Waals surface area contributed by atoms with Gasteiger partial charge in [-0.25, -0.2) is 0 Å². The highest BCUT2D eigenvalue weighted by Crippen LogP contribution is 2.20. The lowest BCUT2D eigenvalue weighted by Gasteiger charge is -2.10. The molecule has 0 aliphatic heterocycles. The standard InChI is InChI=1S/C14H16N4O2S/c1-11-5-6-12(4-3-8-15)13(10-11)17-21(19,20)14-7-9-16-18(14)2/h5-7,9-10,17H,8,15H2,1-2H3. The molecule has 110 valence electrons. The Morgan fingerprint density at radius 3 is 2.76 bits per heavy atom. The van der Waals surface area contributed by atoms with Crippen LogP contribution in [0.15, 0.2) is 35.5 Å². The molecular formula is C14H16N4O2S. The molecule has 0 bridgehead atoms. The third-order valence-electron chi connectivity index (χ3n) is 2.80. The van der Waals surface area contributed by atoms with Crippen molar-refractivity contribution >= 4 is 15.7 Å². The van der Waals surface area contributed by atoms with Crippen LogP contribution in [0.4, 0.5) is 5.69 Å². The molecule has 0 saturated heterocycles. The van der Waals surface area contributed by atoms with Gasteiger partial charge in [-0.3, -0.25) is 9.40 Å². The summed E-state index contributed by atoms with van der Waals surface area (Å²) in [5.41, 5.74) is 7.29. The number of anilines is 1. The molecule has 0 fully saturated rings. The normalized spacial score (nSPS) is 10.8. The van der Waals surface area contributed by atoms with Gasteiger partial charge >= 0.3 is 0 Å². The molecular weight excluding hydrogens is 288 g/mol. The van der Waals surface area contributed by atoms with Crippen LogP contribution >= 0.6 is 0 Å². The maximum Gasteiger partial charge on any atom is 0.279 e. The van der Waals surface area contributed by atoms with E-state index in [1.807, 2.05) is 13.0 Å². The number of hydrogen-bond acceptors (Lipinski definition) is 4. The van der Waals surface area contributed by atoms with E-state index in [4.69, 9.17) is 5.73 Å². The summed E-state index contributed by atoms with van der Waals surface area (Å²) < 4.78 is 28.6. The molecule has 0 unspecified atom stereocenters. The number of rotatable bonds is 3. The smallest absolute Gasteiger partial charge is 0.279 e. The van der Waals surface area contributed by atoms with Crippen LogP contribution in [0.1, 0.15) is 11.1 Å². The van der Waals surface area contributed by atoms with Gasteiger partial charge in [0.1, 0.15) is 0 Å². The van der Waals surface area contributed by atoms with Gasteiger partial charge in [0.25, 0.3) is 10.0 Å². The van der Waals surface area contributed by atoms with E-state index in [9.17, 15) is 8.42 Å². The van der Waals surface area contributed by atoms with Crippen LogP contribution in [-0.4, -0.2) is 24.7 Å². The minimum Gasteiger partial charge on any atom is -0.320 e. The fraction of sp³-hybridized carbons (Fsp3) is 0.214. The Morgan fingerprint density at radius 1 is 1.38 bits per heavy atom. The van der Waals surface area contributed by atoms with Gasteiger partial charge in [0.05, 0.1) is 18.4 Å². The molecule has 3 N–H and O–H groups in total. The molecule has 6 nitrogen and oxygen atoms in total. The van der Waals surface area contributed by atoms with Gasteiger partial charge in [0, 0.05) is 12.6 Å². The highest BCUT2D eigenvalue weighted by Gasteiger charge is 2.19. The monoisotopic (exact) mass is 304 g/mol. The molecule has 0 aliphatic carbocycles. The summed E-state index contributed by atoms with van der Waals surface area (Å²) in [6.07, 6.45) is 1.43. The lowest BCUT2D eigenvalue weighted by Crippen LogP contribution is -2.17. The van der Waals surface area contributed by atoms with Crippen molar-refractivity contribution < 1.29 is 8.42 Å². The summed E-state index contributed by atoms with van der Waals surface area (Å²) in [5.74, 6) is 5.58. The number of aryl methyl sites for hydroxylation is 2. The van der Waals surface area contributed by atoms with Crippen LogP contribution in [0.5, 0.6) is 0 Å². The van der Waals surface area contributed by atoms with Crippen molar-refractivity contribution in [3.05, 3.63) is 41.6 Å². The lowest BCUT2D eigenvalue weighted by atomic mass is 10.1. The lowest BCUT2D eigenvalue weighted by molar-refractivity contribution is 0.582. The average Bonchev–Trinajstić information content (AvgIpc) is 2.84. The third-order valence-corrected chi connectivity index (χ3v) is 4.24. The second kappa shape index (κ2) is 5.99. The molecule has 7 heteroatoms. The summed E-state index contributed by atoms with van der Waals surface area (Å²) in [7, 11) is -2.14. The predicted molar refractivity (Wildman–Crippen MR) is 81.1 cm³/mol. The zero-order valence-corrected chi connectivity index (χ0v) is 12.6. The van der Waals surface area contributed by atoms with Gasteiger partial charge in [-0.1, -0.05) is 17.9 Å². The van der Waals surface area contributed by atoms with Gasteiger partial charge in [0.15, 0.2) is 5.03 Å². The van der Waals surface area contributed by atoms with Crippen molar-refractivity contribution in [2.24, 2.45) is 12.8 Å². The van der Waals surface area contributed by atoms with Crippen molar-refractivity contribution in [1.82, 2.24) is 9.78 Å². The number of sulfonamides is 1. The molecule has 1 aromatic heterocycles. The first kappa shape index (κ1) is 15.1. The van der Waals surface area contributed by atoms with Crippen LogP contribution in [0.25, 0.3) is 0 Å². The van der Waals surface area contributed by atoms with Crippen molar-refractivity contribution in [2.45, 2.75) is 11.9 Å². The van der Waals surface area contributed by atoms with Crippen LogP contribution in [0, 0.1) is 18.8 Å². The molecule has 2 aromatic rings. The number of nitrogens with one attached hydrogen (secondary N) is 1. The van der Waals surface area contributed by atoms with Gasteiger partial charge in [0.2, 0.25) is 0 Å². The fourth-order valence-electron chi connectivity index (χ4n) is 1.82. The third kappa shape index (κ3) is 3.42. The summed E-state index contributed by atoms with van der Waals surface area (Å²) in [6, 6.07) is 6.79. The van der Waals surface area contributed by atoms with E-state index in [0.29, 0.717) is 11.3 Å². The summed E-state index contributed by atoms with van der Waals surface area (Å²) in [5, 5.41) is 3.95. The topological polar surface area (TPSA) is 90.0 Å². The van der Waals surface area contributed by atoms with Gasteiger partial charge in [-0.15, -0.1) is 0 Å². The first-order valence-corrected chi connectivity index (χ1v) is 7.73. The Hall–Kier alpha value is -2.30. The number of aromatic nitrogens is 2. The van der Waals surface area contributed by atoms with Crippen LogP contribution < -0.4 is 10.5 Å². The van der Waals surface area contributed by atoms with E-state index in [-0.39, 0.29) is 11.6 Å². The Balaban J connectivity index is 2.44. The molecule has 2 rings (SSSR count). The molecule has 0 radical (unpaired) electrons.